The van der Waals surface area contributed by atoms with Gasteiger partial charge in [-0.2, -0.15) is 0 Å². The second-order valence-electron chi connectivity index (χ2n) is 6.40. The molecule has 2 aliphatic rings. The molecule has 0 aromatic heterocycles. The number of hydrogen-bond donors (Lipinski definition) is 2. The van der Waals surface area contributed by atoms with Gasteiger partial charge in [-0.15, -0.1) is 0 Å². The monoisotopic (exact) mass is 270 g/mol. The molecule has 1 saturated carbocycles. The van der Waals surface area contributed by atoms with Gasteiger partial charge in [0.25, 0.3) is 0 Å². The Bertz CT molecular complexity index is 365. The van der Waals surface area contributed by atoms with Gasteiger partial charge >= 0.3 is 12.2 Å². The minimum Gasteiger partial charge on any atom is -0.465 e. The lowest BCUT2D eigenvalue weighted by Gasteiger charge is -2.20. The summed E-state index contributed by atoms with van der Waals surface area (Å²) in [6.45, 7) is 7.39. The first-order valence-electron chi connectivity index (χ1n) is 6.72. The van der Waals surface area contributed by atoms with Gasteiger partial charge in [0, 0.05) is 19.6 Å². The maximum atomic E-state index is 11.4. The lowest BCUT2D eigenvalue weighted by Crippen LogP contribution is -2.34. The number of amides is 2. The van der Waals surface area contributed by atoms with Crippen LogP contribution in [-0.2, 0) is 4.74 Å². The van der Waals surface area contributed by atoms with Crippen LogP contribution in [0.4, 0.5) is 9.59 Å². The summed E-state index contributed by atoms with van der Waals surface area (Å²) in [6, 6.07) is 0. The van der Waals surface area contributed by atoms with Gasteiger partial charge in [0.1, 0.15) is 5.60 Å². The van der Waals surface area contributed by atoms with Crippen LogP contribution in [0.25, 0.3) is 0 Å². The molecule has 2 amide bonds. The van der Waals surface area contributed by atoms with Crippen LogP contribution in [0.15, 0.2) is 0 Å². The zero-order chi connectivity index (χ0) is 14.2. The summed E-state index contributed by atoms with van der Waals surface area (Å²) in [4.78, 5) is 23.7. The van der Waals surface area contributed by atoms with E-state index in [1.54, 1.807) is 0 Å². The Balaban J connectivity index is 1.60. The number of nitrogens with one attached hydrogen (secondary N) is 1. The Kier molecular flexibility index (Phi) is 3.60. The van der Waals surface area contributed by atoms with Crippen molar-refractivity contribution < 1.29 is 19.4 Å². The van der Waals surface area contributed by atoms with Crippen molar-refractivity contribution in [1.29, 1.82) is 0 Å². The number of fused-ring (bicyclic) bond motifs is 1. The van der Waals surface area contributed by atoms with Crippen LogP contribution in [0.5, 0.6) is 0 Å². The number of carboxylic acid groups (broad SMARTS) is 1. The molecule has 2 N–H and O–H groups in total. The number of rotatable bonds is 3. The molecule has 2 unspecified atom stereocenters. The van der Waals surface area contributed by atoms with Gasteiger partial charge < -0.3 is 20.1 Å². The molecule has 19 heavy (non-hydrogen) atoms. The summed E-state index contributed by atoms with van der Waals surface area (Å²) >= 11 is 0. The third kappa shape index (κ3) is 3.52. The summed E-state index contributed by atoms with van der Waals surface area (Å²) in [5.74, 6) is 1.55. The molecule has 0 bridgehead atoms. The van der Waals surface area contributed by atoms with Crippen molar-refractivity contribution in [3.05, 3.63) is 0 Å². The highest BCUT2D eigenvalue weighted by molar-refractivity contribution is 5.67. The fourth-order valence-corrected chi connectivity index (χ4v) is 2.89. The van der Waals surface area contributed by atoms with Gasteiger partial charge in [-0.1, -0.05) is 0 Å². The zero-order valence-electron chi connectivity index (χ0n) is 11.7. The minimum absolute atomic E-state index is 0.384. The lowest BCUT2D eigenvalue weighted by molar-refractivity contribution is 0.0526. The smallest absolute Gasteiger partial charge is 0.407 e. The average Bonchev–Trinajstić information content (AvgIpc) is 2.70. The quantitative estimate of drug-likeness (QED) is 0.819. The second kappa shape index (κ2) is 4.90. The van der Waals surface area contributed by atoms with Gasteiger partial charge in [0.05, 0.1) is 0 Å². The fraction of sp³-hybridized carbons (Fsp3) is 0.846. The molecule has 0 aromatic carbocycles. The second-order valence-corrected chi connectivity index (χ2v) is 6.40. The molecule has 1 heterocycles. The molecule has 0 spiro atoms. The van der Waals surface area contributed by atoms with Gasteiger partial charge in [0.15, 0.2) is 0 Å². The zero-order valence-corrected chi connectivity index (χ0v) is 11.7. The SMILES string of the molecule is CC(C)(C)OC(=O)NCCC1C2CN(C(=O)O)CC12. The normalized spacial score (nSPS) is 28.8. The van der Waals surface area contributed by atoms with Crippen LogP contribution in [0.1, 0.15) is 27.2 Å². The third-order valence-corrected chi connectivity index (χ3v) is 3.79. The number of carbonyl (C=O) groups excluding carboxylic acids is 1. The summed E-state index contributed by atoms with van der Waals surface area (Å²) in [7, 11) is 0. The molecule has 2 atom stereocenters. The highest BCUT2D eigenvalue weighted by Crippen LogP contribution is 2.53. The molecule has 6 nitrogen and oxygen atoms in total. The van der Waals surface area contributed by atoms with E-state index in [9.17, 15) is 9.59 Å². The summed E-state index contributed by atoms with van der Waals surface area (Å²) in [5.41, 5.74) is -0.470. The number of ether oxygens (including phenoxy) is 1. The fourth-order valence-electron chi connectivity index (χ4n) is 2.89. The van der Waals surface area contributed by atoms with Gasteiger partial charge in [-0.3, -0.25) is 0 Å². The van der Waals surface area contributed by atoms with E-state index in [4.69, 9.17) is 9.84 Å². The van der Waals surface area contributed by atoms with Crippen LogP contribution in [-0.4, -0.2) is 47.4 Å². The van der Waals surface area contributed by atoms with E-state index in [1.807, 2.05) is 20.8 Å². The Morgan fingerprint density at radius 3 is 2.37 bits per heavy atom. The molecular formula is C13H22N2O4. The molecule has 1 aliphatic heterocycles. The first-order valence-corrected chi connectivity index (χ1v) is 6.72. The predicted molar refractivity (Wildman–Crippen MR) is 68.9 cm³/mol. The van der Waals surface area contributed by atoms with E-state index in [1.165, 1.54) is 4.90 Å². The summed E-state index contributed by atoms with van der Waals surface area (Å²) in [5, 5.41) is 11.6. The van der Waals surface area contributed by atoms with E-state index in [0.29, 0.717) is 37.4 Å². The van der Waals surface area contributed by atoms with Crippen LogP contribution in [0.2, 0.25) is 0 Å². The van der Waals surface area contributed by atoms with Gasteiger partial charge in [0.2, 0.25) is 0 Å². The Morgan fingerprint density at radius 2 is 1.89 bits per heavy atom. The van der Waals surface area contributed by atoms with Crippen molar-refractivity contribution in [1.82, 2.24) is 10.2 Å². The molecule has 1 aliphatic carbocycles. The van der Waals surface area contributed by atoms with Crippen molar-refractivity contribution >= 4 is 12.2 Å². The topological polar surface area (TPSA) is 78.9 Å². The molecule has 0 aromatic rings. The number of nitrogens with zero attached hydrogens (tertiary/aromatic N) is 1. The number of piperidine rings is 1. The standard InChI is InChI=1S/C13H22N2O4/c1-13(2,3)19-11(16)14-5-4-8-9-6-15(12(17)18)7-10(8)9/h8-10H,4-7H2,1-3H3,(H,14,16)(H,17,18). The molecular weight excluding hydrogens is 248 g/mol. The maximum Gasteiger partial charge on any atom is 0.407 e. The molecule has 0 radical (unpaired) electrons. The molecule has 6 heteroatoms. The van der Waals surface area contributed by atoms with Crippen molar-refractivity contribution in [3.8, 4) is 0 Å². The molecule has 1 saturated heterocycles. The average molecular weight is 270 g/mol. The van der Waals surface area contributed by atoms with Gasteiger partial charge in [-0.05, 0) is 44.9 Å². The van der Waals surface area contributed by atoms with Crippen molar-refractivity contribution in [2.75, 3.05) is 19.6 Å². The van der Waals surface area contributed by atoms with E-state index >= 15 is 0 Å². The van der Waals surface area contributed by atoms with Crippen LogP contribution >= 0.6 is 0 Å². The van der Waals surface area contributed by atoms with E-state index in [-0.39, 0.29) is 6.09 Å². The first kappa shape index (κ1) is 14.0. The third-order valence-electron chi connectivity index (χ3n) is 3.79. The van der Waals surface area contributed by atoms with E-state index in [0.717, 1.165) is 6.42 Å². The number of alkyl carbamates (subject to hydrolysis) is 1. The van der Waals surface area contributed by atoms with Gasteiger partial charge in [-0.25, -0.2) is 9.59 Å². The number of carbonyl (C=O) groups is 2. The maximum absolute atomic E-state index is 11.4. The van der Waals surface area contributed by atoms with Crippen molar-refractivity contribution in [3.63, 3.8) is 0 Å². The Hall–Kier alpha value is -1.46. The largest absolute Gasteiger partial charge is 0.465 e. The summed E-state index contributed by atoms with van der Waals surface area (Å²) in [6.07, 6.45) is -0.300. The Morgan fingerprint density at radius 1 is 1.32 bits per heavy atom. The highest BCUT2D eigenvalue weighted by atomic mass is 16.6. The van der Waals surface area contributed by atoms with Crippen molar-refractivity contribution in [2.45, 2.75) is 32.8 Å². The van der Waals surface area contributed by atoms with Crippen LogP contribution < -0.4 is 5.32 Å². The molecule has 2 fully saturated rings. The predicted octanol–water partition coefficient (Wildman–Crippen LogP) is 1.76. The number of likely N-dealkylation sites (tertiary alicyclic amines) is 1. The molecule has 108 valence electrons. The highest BCUT2D eigenvalue weighted by Gasteiger charge is 2.55. The molecule has 2 rings (SSSR count). The number of hydrogen-bond acceptors (Lipinski definition) is 3. The minimum atomic E-state index is -0.821. The summed E-state index contributed by atoms with van der Waals surface area (Å²) < 4.78 is 5.15. The van der Waals surface area contributed by atoms with E-state index in [2.05, 4.69) is 5.32 Å². The van der Waals surface area contributed by atoms with Crippen molar-refractivity contribution in [2.24, 2.45) is 17.8 Å². The van der Waals surface area contributed by atoms with Crippen LogP contribution in [0.3, 0.4) is 0 Å². The first-order chi connectivity index (χ1) is 8.78. The van der Waals surface area contributed by atoms with Crippen LogP contribution in [0, 0.1) is 17.8 Å². The van der Waals surface area contributed by atoms with E-state index < -0.39 is 11.7 Å². The Labute approximate surface area is 113 Å². The lowest BCUT2D eigenvalue weighted by atomic mass is 10.2.